The van der Waals surface area contributed by atoms with Gasteiger partial charge in [0.1, 0.15) is 0 Å². The Morgan fingerprint density at radius 2 is 1.93 bits per heavy atom. The zero-order valence-electron chi connectivity index (χ0n) is 8.50. The summed E-state index contributed by atoms with van der Waals surface area (Å²) in [4.78, 5) is 11.9. The summed E-state index contributed by atoms with van der Waals surface area (Å²) in [6.07, 6.45) is 3.02. The van der Waals surface area contributed by atoms with E-state index in [-0.39, 0.29) is 17.7 Å². The number of carbonyl (C=O) groups is 1. The summed E-state index contributed by atoms with van der Waals surface area (Å²) in [5.74, 6) is 0.177. The molecule has 1 aliphatic carbocycles. The normalized spacial score (nSPS) is 18.3. The van der Waals surface area contributed by atoms with Gasteiger partial charge in [0.15, 0.2) is 5.78 Å². The third-order valence-electron chi connectivity index (χ3n) is 3.32. The standard InChI is InChI=1S/C12H14BrNO/c13-10-4-2-9(3-5-10)12(6-1-7-12)11(15)8-14/h2-5H,1,6-8,14H2. The van der Waals surface area contributed by atoms with Crippen LogP contribution in [0.1, 0.15) is 24.8 Å². The van der Waals surface area contributed by atoms with Gasteiger partial charge in [-0.3, -0.25) is 4.79 Å². The van der Waals surface area contributed by atoms with Crippen LogP contribution in [-0.2, 0) is 10.2 Å². The number of ketones is 1. The van der Waals surface area contributed by atoms with Crippen LogP contribution in [0.2, 0.25) is 0 Å². The highest BCUT2D eigenvalue weighted by Crippen LogP contribution is 2.44. The molecule has 1 aliphatic rings. The van der Waals surface area contributed by atoms with Crippen LogP contribution in [0.25, 0.3) is 0 Å². The molecule has 0 aromatic heterocycles. The lowest BCUT2D eigenvalue weighted by Gasteiger charge is -2.40. The minimum Gasteiger partial charge on any atom is -0.324 e. The first-order valence-corrected chi connectivity index (χ1v) is 5.98. The van der Waals surface area contributed by atoms with Gasteiger partial charge in [0.05, 0.1) is 12.0 Å². The first-order chi connectivity index (χ1) is 7.19. The van der Waals surface area contributed by atoms with Crippen molar-refractivity contribution in [3.63, 3.8) is 0 Å². The summed E-state index contributed by atoms with van der Waals surface area (Å²) in [7, 11) is 0. The lowest BCUT2D eigenvalue weighted by atomic mass is 9.62. The summed E-state index contributed by atoms with van der Waals surface area (Å²) in [6.45, 7) is 0.149. The highest BCUT2D eigenvalue weighted by molar-refractivity contribution is 9.10. The van der Waals surface area contributed by atoms with E-state index in [0.717, 1.165) is 29.3 Å². The predicted molar refractivity (Wildman–Crippen MR) is 63.7 cm³/mol. The highest BCUT2D eigenvalue weighted by Gasteiger charge is 2.44. The van der Waals surface area contributed by atoms with Crippen LogP contribution >= 0.6 is 15.9 Å². The molecule has 2 rings (SSSR count). The molecule has 0 spiro atoms. The maximum absolute atomic E-state index is 11.9. The summed E-state index contributed by atoms with van der Waals surface area (Å²) in [5.41, 5.74) is 6.33. The summed E-state index contributed by atoms with van der Waals surface area (Å²) >= 11 is 3.40. The Labute approximate surface area is 98.0 Å². The molecule has 1 saturated carbocycles. The van der Waals surface area contributed by atoms with E-state index in [2.05, 4.69) is 15.9 Å². The average molecular weight is 268 g/mol. The second kappa shape index (κ2) is 4.06. The van der Waals surface area contributed by atoms with Crippen molar-refractivity contribution >= 4 is 21.7 Å². The zero-order valence-corrected chi connectivity index (χ0v) is 10.1. The Balaban J connectivity index is 2.34. The van der Waals surface area contributed by atoms with E-state index in [4.69, 9.17) is 5.73 Å². The summed E-state index contributed by atoms with van der Waals surface area (Å²) in [5, 5.41) is 0. The fourth-order valence-corrected chi connectivity index (χ4v) is 2.49. The van der Waals surface area contributed by atoms with Crippen molar-refractivity contribution in [3.8, 4) is 0 Å². The quantitative estimate of drug-likeness (QED) is 0.914. The fraction of sp³-hybridized carbons (Fsp3) is 0.417. The topological polar surface area (TPSA) is 43.1 Å². The maximum Gasteiger partial charge on any atom is 0.156 e. The van der Waals surface area contributed by atoms with E-state index >= 15 is 0 Å². The number of halogens is 1. The molecule has 0 unspecified atom stereocenters. The molecule has 0 radical (unpaired) electrons. The molecule has 0 amide bonds. The number of carbonyl (C=O) groups excluding carboxylic acids is 1. The van der Waals surface area contributed by atoms with Gasteiger partial charge in [0, 0.05) is 4.47 Å². The molecule has 0 atom stereocenters. The van der Waals surface area contributed by atoms with Gasteiger partial charge in [-0.25, -0.2) is 0 Å². The molecule has 2 nitrogen and oxygen atoms in total. The van der Waals surface area contributed by atoms with Gasteiger partial charge in [0.2, 0.25) is 0 Å². The van der Waals surface area contributed by atoms with Crippen molar-refractivity contribution in [3.05, 3.63) is 34.3 Å². The molecule has 1 aromatic rings. The smallest absolute Gasteiger partial charge is 0.156 e. The lowest BCUT2D eigenvalue weighted by molar-refractivity contribution is -0.126. The van der Waals surface area contributed by atoms with Crippen LogP contribution < -0.4 is 5.73 Å². The number of Topliss-reactive ketones (excluding diaryl/α,β-unsaturated/α-hetero) is 1. The van der Waals surface area contributed by atoms with Gasteiger partial charge in [-0.05, 0) is 30.5 Å². The number of benzene rings is 1. The van der Waals surface area contributed by atoms with Crippen LogP contribution in [0, 0.1) is 0 Å². The van der Waals surface area contributed by atoms with Gasteiger partial charge >= 0.3 is 0 Å². The minimum absolute atomic E-state index is 0.149. The Kier molecular flexibility index (Phi) is 2.94. The van der Waals surface area contributed by atoms with Crippen molar-refractivity contribution in [2.24, 2.45) is 5.73 Å². The molecule has 80 valence electrons. The molecule has 2 N–H and O–H groups in total. The fourth-order valence-electron chi connectivity index (χ4n) is 2.22. The van der Waals surface area contributed by atoms with Crippen LogP contribution in [0.3, 0.4) is 0 Å². The SMILES string of the molecule is NCC(=O)C1(c2ccc(Br)cc2)CCC1. The first-order valence-electron chi connectivity index (χ1n) is 5.18. The van der Waals surface area contributed by atoms with Crippen molar-refractivity contribution in [1.82, 2.24) is 0 Å². The van der Waals surface area contributed by atoms with Crippen molar-refractivity contribution in [1.29, 1.82) is 0 Å². The van der Waals surface area contributed by atoms with Crippen LogP contribution in [0.4, 0.5) is 0 Å². The molecule has 1 aromatic carbocycles. The minimum atomic E-state index is -0.268. The second-order valence-corrected chi connectivity index (χ2v) is 4.99. The van der Waals surface area contributed by atoms with E-state index in [1.165, 1.54) is 0 Å². The van der Waals surface area contributed by atoms with E-state index in [1.54, 1.807) is 0 Å². The Hall–Kier alpha value is -0.670. The zero-order chi connectivity index (χ0) is 10.9. The Morgan fingerprint density at radius 1 is 1.33 bits per heavy atom. The monoisotopic (exact) mass is 267 g/mol. The third-order valence-corrected chi connectivity index (χ3v) is 3.85. The molecule has 1 fully saturated rings. The number of hydrogen-bond donors (Lipinski definition) is 1. The Morgan fingerprint density at radius 3 is 2.33 bits per heavy atom. The van der Waals surface area contributed by atoms with Crippen molar-refractivity contribution < 1.29 is 4.79 Å². The molecule has 0 saturated heterocycles. The largest absolute Gasteiger partial charge is 0.324 e. The number of hydrogen-bond acceptors (Lipinski definition) is 2. The highest BCUT2D eigenvalue weighted by atomic mass is 79.9. The molecular weight excluding hydrogens is 254 g/mol. The maximum atomic E-state index is 11.9. The van der Waals surface area contributed by atoms with Crippen LogP contribution in [0.15, 0.2) is 28.7 Å². The van der Waals surface area contributed by atoms with E-state index in [1.807, 2.05) is 24.3 Å². The molecule has 3 heteroatoms. The predicted octanol–water partition coefficient (Wildman–Crippen LogP) is 2.40. The van der Waals surface area contributed by atoms with E-state index in [0.29, 0.717) is 0 Å². The molecule has 0 heterocycles. The van der Waals surface area contributed by atoms with Gasteiger partial charge in [-0.2, -0.15) is 0 Å². The second-order valence-electron chi connectivity index (χ2n) is 4.07. The molecular formula is C12H14BrNO. The van der Waals surface area contributed by atoms with Gasteiger partial charge in [-0.15, -0.1) is 0 Å². The average Bonchev–Trinajstić information content (AvgIpc) is 2.19. The number of rotatable bonds is 3. The molecule has 0 aliphatic heterocycles. The van der Waals surface area contributed by atoms with Gasteiger partial charge in [-0.1, -0.05) is 34.5 Å². The molecule has 0 bridgehead atoms. The molecule has 15 heavy (non-hydrogen) atoms. The Bertz CT molecular complexity index is 368. The van der Waals surface area contributed by atoms with Crippen molar-refractivity contribution in [2.45, 2.75) is 24.7 Å². The summed E-state index contributed by atoms with van der Waals surface area (Å²) < 4.78 is 1.04. The van der Waals surface area contributed by atoms with Crippen LogP contribution in [0.5, 0.6) is 0 Å². The van der Waals surface area contributed by atoms with E-state index < -0.39 is 0 Å². The lowest BCUT2D eigenvalue weighted by Crippen LogP contribution is -2.45. The van der Waals surface area contributed by atoms with E-state index in [9.17, 15) is 4.79 Å². The third kappa shape index (κ3) is 1.74. The summed E-state index contributed by atoms with van der Waals surface area (Å²) in [6, 6.07) is 8.02. The van der Waals surface area contributed by atoms with Gasteiger partial charge in [0.25, 0.3) is 0 Å². The van der Waals surface area contributed by atoms with Crippen molar-refractivity contribution in [2.75, 3.05) is 6.54 Å². The number of nitrogens with two attached hydrogens (primary N) is 1. The van der Waals surface area contributed by atoms with Gasteiger partial charge < -0.3 is 5.73 Å². The van der Waals surface area contributed by atoms with Crippen LogP contribution in [-0.4, -0.2) is 12.3 Å². The first kappa shape index (κ1) is 10.8.